The van der Waals surface area contributed by atoms with Crippen LogP contribution in [0, 0.1) is 11.8 Å². The molecule has 0 bridgehead atoms. The van der Waals surface area contributed by atoms with E-state index in [0.29, 0.717) is 4.73 Å². The fraction of sp³-hybridized carbons (Fsp3) is 0.400. The molecule has 0 atom stereocenters. The van der Waals surface area contributed by atoms with Crippen LogP contribution in [0.25, 0.3) is 0 Å². The van der Waals surface area contributed by atoms with Crippen molar-refractivity contribution in [2.75, 3.05) is 0 Å². The van der Waals surface area contributed by atoms with Crippen molar-refractivity contribution in [1.82, 2.24) is 9.97 Å². The van der Waals surface area contributed by atoms with E-state index in [-0.39, 0.29) is 0 Å². The predicted octanol–water partition coefficient (Wildman–Crippen LogP) is 2.78. The lowest BCUT2D eigenvalue weighted by Crippen LogP contribution is -1.85. The van der Waals surface area contributed by atoms with Crippen molar-refractivity contribution in [3.8, 4) is 11.8 Å². The van der Waals surface area contributed by atoms with E-state index >= 15 is 0 Å². The number of rotatable bonds is 2. The van der Waals surface area contributed by atoms with E-state index in [2.05, 4.69) is 44.7 Å². The van der Waals surface area contributed by atoms with Gasteiger partial charge in [-0.2, -0.15) is 0 Å². The molecule has 2 nitrogen and oxygen atoms in total. The van der Waals surface area contributed by atoms with Crippen molar-refractivity contribution in [2.24, 2.45) is 0 Å². The van der Waals surface area contributed by atoms with E-state index in [1.165, 1.54) is 6.42 Å². The molecule has 3 heteroatoms. The minimum absolute atomic E-state index is 0.592. The summed E-state index contributed by atoms with van der Waals surface area (Å²) < 4.78 is 0.592. The van der Waals surface area contributed by atoms with Crippen molar-refractivity contribution < 1.29 is 0 Å². The Bertz CT molecular complexity index is 325. The molecule has 1 aromatic rings. The molecule has 0 radical (unpaired) electrons. The average molecular weight is 239 g/mol. The van der Waals surface area contributed by atoms with Gasteiger partial charge in [-0.15, -0.1) is 0 Å². The Morgan fingerprint density at radius 3 is 3.08 bits per heavy atom. The number of nitrogens with zero attached hydrogens (tertiary/aromatic N) is 2. The van der Waals surface area contributed by atoms with Crippen molar-refractivity contribution in [2.45, 2.75) is 26.2 Å². The Kier molecular flexibility index (Phi) is 4.48. The highest BCUT2D eigenvalue weighted by atomic mass is 79.9. The highest BCUT2D eigenvalue weighted by Gasteiger charge is 1.89. The maximum atomic E-state index is 4.10. The SMILES string of the molecule is CCCCC#Cc1ccnc(Br)n1. The van der Waals surface area contributed by atoms with Gasteiger partial charge >= 0.3 is 0 Å². The maximum Gasteiger partial charge on any atom is 0.197 e. The van der Waals surface area contributed by atoms with Crippen LogP contribution in [0.5, 0.6) is 0 Å². The fourth-order valence-corrected chi connectivity index (χ4v) is 1.13. The lowest BCUT2D eigenvalue weighted by Gasteiger charge is -1.89. The molecule has 0 aromatic carbocycles. The fourth-order valence-electron chi connectivity index (χ4n) is 0.823. The smallest absolute Gasteiger partial charge is 0.197 e. The molecular weight excluding hydrogens is 228 g/mol. The number of aromatic nitrogens is 2. The number of hydrogen-bond donors (Lipinski definition) is 0. The minimum atomic E-state index is 0.592. The molecule has 1 aromatic heterocycles. The third-order valence-corrected chi connectivity index (χ3v) is 1.88. The summed E-state index contributed by atoms with van der Waals surface area (Å²) in [5, 5.41) is 0. The quantitative estimate of drug-likeness (QED) is 0.450. The van der Waals surface area contributed by atoms with E-state index in [9.17, 15) is 0 Å². The van der Waals surface area contributed by atoms with Crippen LogP contribution >= 0.6 is 15.9 Å². The molecule has 1 rings (SSSR count). The van der Waals surface area contributed by atoms with Gasteiger partial charge in [0.2, 0.25) is 0 Å². The van der Waals surface area contributed by atoms with Gasteiger partial charge in [0.25, 0.3) is 0 Å². The number of halogens is 1. The second-order valence-electron chi connectivity index (χ2n) is 2.62. The molecule has 0 aliphatic rings. The summed E-state index contributed by atoms with van der Waals surface area (Å²) >= 11 is 3.19. The van der Waals surface area contributed by atoms with Gasteiger partial charge < -0.3 is 0 Å². The molecule has 13 heavy (non-hydrogen) atoms. The Balaban J connectivity index is 2.56. The molecule has 0 fully saturated rings. The Morgan fingerprint density at radius 1 is 1.54 bits per heavy atom. The van der Waals surface area contributed by atoms with Gasteiger partial charge in [0.1, 0.15) is 5.69 Å². The largest absolute Gasteiger partial charge is 0.231 e. The predicted molar refractivity (Wildman–Crippen MR) is 56.1 cm³/mol. The van der Waals surface area contributed by atoms with Crippen LogP contribution in [-0.2, 0) is 0 Å². The van der Waals surface area contributed by atoms with Crippen LogP contribution in [0.2, 0.25) is 0 Å². The average Bonchev–Trinajstić information content (AvgIpc) is 2.13. The normalized spacial score (nSPS) is 9.08. The molecule has 0 saturated carbocycles. The van der Waals surface area contributed by atoms with Crippen LogP contribution in [0.15, 0.2) is 17.0 Å². The zero-order valence-corrected chi connectivity index (χ0v) is 9.13. The van der Waals surface area contributed by atoms with Crippen LogP contribution in [-0.4, -0.2) is 9.97 Å². The van der Waals surface area contributed by atoms with E-state index in [1.54, 1.807) is 6.20 Å². The summed E-state index contributed by atoms with van der Waals surface area (Å²) in [5.74, 6) is 6.06. The van der Waals surface area contributed by atoms with E-state index in [0.717, 1.165) is 18.5 Å². The number of unbranched alkanes of at least 4 members (excludes halogenated alkanes) is 2. The summed E-state index contributed by atoms with van der Waals surface area (Å²) in [6.45, 7) is 2.16. The highest BCUT2D eigenvalue weighted by Crippen LogP contribution is 2.00. The highest BCUT2D eigenvalue weighted by molar-refractivity contribution is 9.10. The molecule has 0 saturated heterocycles. The Labute approximate surface area is 86.9 Å². The van der Waals surface area contributed by atoms with Crippen LogP contribution in [0.4, 0.5) is 0 Å². The van der Waals surface area contributed by atoms with Crippen molar-refractivity contribution >= 4 is 15.9 Å². The summed E-state index contributed by atoms with van der Waals surface area (Å²) in [6.07, 6.45) is 4.97. The molecule has 0 unspecified atom stereocenters. The van der Waals surface area contributed by atoms with E-state index in [4.69, 9.17) is 0 Å². The van der Waals surface area contributed by atoms with Crippen molar-refractivity contribution in [3.63, 3.8) is 0 Å². The van der Waals surface area contributed by atoms with Crippen LogP contribution in [0.1, 0.15) is 31.9 Å². The van der Waals surface area contributed by atoms with Gasteiger partial charge in [-0.1, -0.05) is 19.3 Å². The van der Waals surface area contributed by atoms with Crippen molar-refractivity contribution in [3.05, 3.63) is 22.7 Å². The summed E-state index contributed by atoms with van der Waals surface area (Å²) in [5.41, 5.74) is 0.776. The van der Waals surface area contributed by atoms with E-state index in [1.807, 2.05) is 6.07 Å². The first-order chi connectivity index (χ1) is 6.33. The minimum Gasteiger partial charge on any atom is -0.231 e. The maximum absolute atomic E-state index is 4.10. The molecule has 0 N–H and O–H groups in total. The second kappa shape index (κ2) is 5.71. The molecule has 0 spiro atoms. The van der Waals surface area contributed by atoms with Gasteiger partial charge in [0.15, 0.2) is 4.73 Å². The standard InChI is InChI=1S/C10H11BrN2/c1-2-3-4-5-6-9-7-8-12-10(11)13-9/h7-8H,2-4H2,1H3. The van der Waals surface area contributed by atoms with Gasteiger partial charge in [-0.3, -0.25) is 0 Å². The van der Waals surface area contributed by atoms with E-state index < -0.39 is 0 Å². The summed E-state index contributed by atoms with van der Waals surface area (Å²) in [7, 11) is 0. The molecule has 0 aliphatic heterocycles. The molecule has 0 amide bonds. The Hall–Kier alpha value is -0.880. The van der Waals surface area contributed by atoms with Gasteiger partial charge in [-0.05, 0) is 34.3 Å². The Morgan fingerprint density at radius 2 is 2.38 bits per heavy atom. The lowest BCUT2D eigenvalue weighted by molar-refractivity contribution is 0.828. The molecule has 1 heterocycles. The molecular formula is C10H11BrN2. The third kappa shape index (κ3) is 4.05. The first-order valence-corrected chi connectivity index (χ1v) is 5.09. The lowest BCUT2D eigenvalue weighted by atomic mass is 10.2. The van der Waals surface area contributed by atoms with Gasteiger partial charge in [0.05, 0.1) is 0 Å². The summed E-state index contributed by atoms with van der Waals surface area (Å²) in [4.78, 5) is 8.02. The molecule has 68 valence electrons. The zero-order chi connectivity index (χ0) is 9.52. The van der Waals surface area contributed by atoms with Crippen LogP contribution in [0.3, 0.4) is 0 Å². The summed E-state index contributed by atoms with van der Waals surface area (Å²) in [6, 6.07) is 1.81. The number of hydrogen-bond acceptors (Lipinski definition) is 2. The van der Waals surface area contributed by atoms with Crippen LogP contribution < -0.4 is 0 Å². The third-order valence-electron chi connectivity index (χ3n) is 1.50. The monoisotopic (exact) mass is 238 g/mol. The van der Waals surface area contributed by atoms with Crippen molar-refractivity contribution in [1.29, 1.82) is 0 Å². The first-order valence-electron chi connectivity index (χ1n) is 4.30. The van der Waals surface area contributed by atoms with Gasteiger partial charge in [0, 0.05) is 12.6 Å². The van der Waals surface area contributed by atoms with Gasteiger partial charge in [-0.25, -0.2) is 9.97 Å². The topological polar surface area (TPSA) is 25.8 Å². The second-order valence-corrected chi connectivity index (χ2v) is 3.33. The zero-order valence-electron chi connectivity index (χ0n) is 7.55. The first kappa shape index (κ1) is 10.2. The molecule has 0 aliphatic carbocycles.